The van der Waals surface area contributed by atoms with E-state index in [-0.39, 0.29) is 0 Å². The van der Waals surface area contributed by atoms with Crippen molar-refractivity contribution in [2.24, 2.45) is 0 Å². The number of anilines is 2. The van der Waals surface area contributed by atoms with Crippen LogP contribution >= 0.6 is 11.6 Å². The van der Waals surface area contributed by atoms with Crippen LogP contribution in [0.5, 0.6) is 0 Å². The fourth-order valence-corrected chi connectivity index (χ4v) is 2.27. The smallest absolute Gasteiger partial charge is 0.151 e. The van der Waals surface area contributed by atoms with E-state index >= 15 is 0 Å². The van der Waals surface area contributed by atoms with Gasteiger partial charge in [0, 0.05) is 32.2 Å². The number of rotatable bonds is 3. The van der Waals surface area contributed by atoms with E-state index in [2.05, 4.69) is 34.2 Å². The Balaban J connectivity index is 1.96. The average molecular weight is 270 g/mol. The van der Waals surface area contributed by atoms with Crippen molar-refractivity contribution in [3.63, 3.8) is 0 Å². The lowest BCUT2D eigenvalue weighted by molar-refractivity contribution is 0.122. The van der Waals surface area contributed by atoms with Gasteiger partial charge >= 0.3 is 0 Å². The number of halogens is 1. The molecule has 1 saturated heterocycles. The van der Waals surface area contributed by atoms with Gasteiger partial charge in [0.15, 0.2) is 5.82 Å². The maximum atomic E-state index is 5.86. The van der Waals surface area contributed by atoms with E-state index in [9.17, 15) is 0 Å². The molecule has 1 aromatic heterocycles. The molecule has 1 fully saturated rings. The van der Waals surface area contributed by atoms with Gasteiger partial charge in [-0.2, -0.15) is 0 Å². The first-order chi connectivity index (χ1) is 8.56. The normalized spacial score (nSPS) is 22.1. The number of hydrogen-bond donors (Lipinski definition) is 2. The Kier molecular flexibility index (Phi) is 4.27. The summed E-state index contributed by atoms with van der Waals surface area (Å²) in [6, 6.07) is 3.93. The van der Waals surface area contributed by atoms with Crippen LogP contribution in [0.25, 0.3) is 0 Å². The summed E-state index contributed by atoms with van der Waals surface area (Å²) >= 11 is 5.86. The Morgan fingerprint density at radius 1 is 1.44 bits per heavy atom. The summed E-state index contributed by atoms with van der Waals surface area (Å²) in [4.78, 5) is 8.89. The van der Waals surface area contributed by atoms with Crippen molar-refractivity contribution < 1.29 is 0 Å². The first-order valence-electron chi connectivity index (χ1n) is 6.11. The van der Waals surface area contributed by atoms with Crippen LogP contribution in [0.2, 0.25) is 5.15 Å². The van der Waals surface area contributed by atoms with Crippen molar-refractivity contribution in [1.29, 1.82) is 0 Å². The minimum atomic E-state index is 0.459. The molecule has 18 heavy (non-hydrogen) atoms. The van der Waals surface area contributed by atoms with E-state index in [4.69, 9.17) is 17.3 Å². The van der Waals surface area contributed by atoms with Crippen molar-refractivity contribution in [2.45, 2.75) is 6.04 Å². The Hall–Kier alpha value is -1.04. The predicted octanol–water partition coefficient (Wildman–Crippen LogP) is 0.975. The van der Waals surface area contributed by atoms with Crippen LogP contribution in [-0.2, 0) is 0 Å². The Labute approximate surface area is 113 Å². The molecule has 1 unspecified atom stereocenters. The lowest BCUT2D eigenvalue weighted by Crippen LogP contribution is -2.52. The molecule has 3 N–H and O–H groups in total. The fourth-order valence-electron chi connectivity index (χ4n) is 2.12. The van der Waals surface area contributed by atoms with Gasteiger partial charge in [-0.15, -0.1) is 0 Å². The largest absolute Gasteiger partial charge is 0.396 e. The molecule has 0 aliphatic carbocycles. The third-order valence-corrected chi connectivity index (χ3v) is 3.59. The minimum Gasteiger partial charge on any atom is -0.396 e. The van der Waals surface area contributed by atoms with Gasteiger partial charge in [-0.1, -0.05) is 11.6 Å². The molecule has 1 aromatic rings. The van der Waals surface area contributed by atoms with Gasteiger partial charge in [-0.25, -0.2) is 4.98 Å². The summed E-state index contributed by atoms with van der Waals surface area (Å²) in [7, 11) is 4.29. The van der Waals surface area contributed by atoms with Crippen LogP contribution in [-0.4, -0.2) is 61.1 Å². The number of hydrogen-bond acceptors (Lipinski definition) is 5. The van der Waals surface area contributed by atoms with Gasteiger partial charge in [0.1, 0.15) is 5.15 Å². The molecule has 0 spiro atoms. The zero-order valence-electron chi connectivity index (χ0n) is 10.9. The zero-order valence-corrected chi connectivity index (χ0v) is 11.6. The molecule has 1 aliphatic rings. The molecular formula is C12H20ClN5. The number of pyridine rings is 1. The monoisotopic (exact) mass is 269 g/mol. The van der Waals surface area contributed by atoms with Gasteiger partial charge in [0.25, 0.3) is 0 Å². The van der Waals surface area contributed by atoms with Gasteiger partial charge in [-0.3, -0.25) is 4.90 Å². The van der Waals surface area contributed by atoms with Crippen LogP contribution in [0.3, 0.4) is 0 Å². The van der Waals surface area contributed by atoms with Crippen molar-refractivity contribution in [3.05, 3.63) is 17.3 Å². The second-order valence-electron chi connectivity index (χ2n) is 4.85. The standard InChI is InChI=1S/C12H20ClN5/c1-17-5-6-18(2)9(8-17)7-15-12-10(14)3-4-11(13)16-12/h3-4,9H,5-8,14H2,1-2H3,(H,15,16). The molecule has 5 nitrogen and oxygen atoms in total. The van der Waals surface area contributed by atoms with E-state index in [0.717, 1.165) is 26.2 Å². The number of nitrogen functional groups attached to an aromatic ring is 1. The van der Waals surface area contributed by atoms with Crippen LogP contribution in [0.15, 0.2) is 12.1 Å². The lowest BCUT2D eigenvalue weighted by atomic mass is 10.2. The fraction of sp³-hybridized carbons (Fsp3) is 0.583. The molecule has 0 bridgehead atoms. The third-order valence-electron chi connectivity index (χ3n) is 3.38. The van der Waals surface area contributed by atoms with Crippen molar-refractivity contribution >= 4 is 23.1 Å². The predicted molar refractivity (Wildman–Crippen MR) is 76.1 cm³/mol. The zero-order chi connectivity index (χ0) is 13.1. The number of piperazine rings is 1. The number of likely N-dealkylation sites (N-methyl/N-ethyl adjacent to an activating group) is 2. The summed E-state index contributed by atoms with van der Waals surface area (Å²) in [6.07, 6.45) is 0. The molecule has 2 heterocycles. The molecule has 1 atom stereocenters. The molecule has 0 radical (unpaired) electrons. The minimum absolute atomic E-state index is 0.459. The van der Waals surface area contributed by atoms with Gasteiger partial charge in [0.05, 0.1) is 5.69 Å². The average Bonchev–Trinajstić information content (AvgIpc) is 2.34. The first-order valence-corrected chi connectivity index (χ1v) is 6.48. The first kappa shape index (κ1) is 13.4. The number of nitrogens with two attached hydrogens (primary N) is 1. The van der Waals surface area contributed by atoms with E-state index in [1.807, 2.05) is 0 Å². The molecule has 2 rings (SSSR count). The van der Waals surface area contributed by atoms with E-state index in [0.29, 0.717) is 22.7 Å². The third kappa shape index (κ3) is 3.25. The number of aromatic nitrogens is 1. The van der Waals surface area contributed by atoms with Crippen LogP contribution in [0.1, 0.15) is 0 Å². The van der Waals surface area contributed by atoms with E-state index in [1.54, 1.807) is 12.1 Å². The Morgan fingerprint density at radius 2 is 2.22 bits per heavy atom. The summed E-state index contributed by atoms with van der Waals surface area (Å²) in [6.45, 7) is 4.06. The second-order valence-corrected chi connectivity index (χ2v) is 5.24. The maximum absolute atomic E-state index is 5.86. The van der Waals surface area contributed by atoms with E-state index in [1.165, 1.54) is 0 Å². The van der Waals surface area contributed by atoms with Crippen molar-refractivity contribution in [3.8, 4) is 0 Å². The quantitative estimate of drug-likeness (QED) is 0.801. The SMILES string of the molecule is CN1CCN(C)C(CNc2nc(Cl)ccc2N)C1. The van der Waals surface area contributed by atoms with Gasteiger partial charge in [-0.05, 0) is 26.2 Å². The van der Waals surface area contributed by atoms with Crippen LogP contribution in [0, 0.1) is 0 Å². The molecule has 1 aliphatic heterocycles. The molecule has 100 valence electrons. The van der Waals surface area contributed by atoms with Crippen molar-refractivity contribution in [1.82, 2.24) is 14.8 Å². The highest BCUT2D eigenvalue weighted by Crippen LogP contribution is 2.18. The van der Waals surface area contributed by atoms with Gasteiger partial charge in [0.2, 0.25) is 0 Å². The number of nitrogens with zero attached hydrogens (tertiary/aromatic N) is 3. The highest BCUT2D eigenvalue weighted by Gasteiger charge is 2.22. The topological polar surface area (TPSA) is 57.4 Å². The Bertz CT molecular complexity index is 411. The second kappa shape index (κ2) is 5.73. The number of nitrogens with one attached hydrogen (secondary N) is 1. The van der Waals surface area contributed by atoms with Crippen LogP contribution < -0.4 is 11.1 Å². The highest BCUT2D eigenvalue weighted by atomic mass is 35.5. The summed E-state index contributed by atoms with van der Waals surface area (Å²) in [5.74, 6) is 0.670. The van der Waals surface area contributed by atoms with Gasteiger partial charge < -0.3 is 16.0 Å². The maximum Gasteiger partial charge on any atom is 0.151 e. The molecule has 0 saturated carbocycles. The molecule has 0 aromatic carbocycles. The van der Waals surface area contributed by atoms with Crippen molar-refractivity contribution in [2.75, 3.05) is 51.3 Å². The molecular weight excluding hydrogens is 250 g/mol. The van der Waals surface area contributed by atoms with E-state index < -0.39 is 0 Å². The molecule has 0 amide bonds. The summed E-state index contributed by atoms with van der Waals surface area (Å²) in [5, 5.41) is 3.74. The highest BCUT2D eigenvalue weighted by molar-refractivity contribution is 6.29. The Morgan fingerprint density at radius 3 is 3.00 bits per heavy atom. The summed E-state index contributed by atoms with van der Waals surface area (Å²) in [5.41, 5.74) is 6.49. The van der Waals surface area contributed by atoms with Crippen LogP contribution in [0.4, 0.5) is 11.5 Å². The lowest BCUT2D eigenvalue weighted by Gasteiger charge is -2.37. The molecule has 6 heteroatoms. The summed E-state index contributed by atoms with van der Waals surface area (Å²) < 4.78 is 0.